The largest absolute Gasteiger partial charge is 0.443 e. The van der Waals surface area contributed by atoms with Gasteiger partial charge in [0.1, 0.15) is 11.4 Å². The van der Waals surface area contributed by atoms with Crippen molar-refractivity contribution in [1.29, 1.82) is 0 Å². The fourth-order valence-corrected chi connectivity index (χ4v) is 3.24. The van der Waals surface area contributed by atoms with Crippen molar-refractivity contribution < 1.29 is 13.9 Å². The summed E-state index contributed by atoms with van der Waals surface area (Å²) < 4.78 is 21.6. The highest BCUT2D eigenvalue weighted by Gasteiger charge is 2.23. The molecular weight excluding hydrogens is 396 g/mol. The lowest BCUT2D eigenvalue weighted by atomic mass is 10.1. The van der Waals surface area contributed by atoms with Crippen LogP contribution in [0.1, 0.15) is 20.8 Å². The molecule has 114 valence electrons. The Morgan fingerprint density at radius 2 is 1.91 bits per heavy atom. The predicted octanol–water partition coefficient (Wildman–Crippen LogP) is 5.32. The summed E-state index contributed by atoms with van der Waals surface area (Å²) in [6.45, 7) is 5.47. The summed E-state index contributed by atoms with van der Waals surface area (Å²) in [6.07, 6.45) is -0.455. The highest BCUT2D eigenvalue weighted by Crippen LogP contribution is 2.33. The van der Waals surface area contributed by atoms with Crippen LogP contribution in [0.15, 0.2) is 36.4 Å². The molecule has 22 heavy (non-hydrogen) atoms. The second-order valence-electron chi connectivity index (χ2n) is 6.11. The highest BCUT2D eigenvalue weighted by atomic mass is 127. The topological polar surface area (TPSA) is 31.2 Å². The average molecular weight is 411 g/mol. The zero-order valence-electron chi connectivity index (χ0n) is 12.5. The van der Waals surface area contributed by atoms with Crippen LogP contribution >= 0.6 is 22.6 Å². The molecule has 0 atom stereocenters. The van der Waals surface area contributed by atoms with Gasteiger partial charge in [-0.2, -0.15) is 0 Å². The minimum Gasteiger partial charge on any atom is -0.443 e. The molecular formula is C17H15FINO2. The number of hydrogen-bond donors (Lipinski definition) is 0. The summed E-state index contributed by atoms with van der Waals surface area (Å²) in [5, 5.41) is 1.55. The van der Waals surface area contributed by atoms with Crippen molar-refractivity contribution in [3.05, 3.63) is 45.8 Å². The highest BCUT2D eigenvalue weighted by molar-refractivity contribution is 14.1. The number of carbonyl (C=O) groups excluding carboxylic acids is 1. The molecule has 0 amide bonds. The van der Waals surface area contributed by atoms with Crippen molar-refractivity contribution in [3.63, 3.8) is 0 Å². The van der Waals surface area contributed by atoms with Crippen molar-refractivity contribution in [2.45, 2.75) is 26.4 Å². The molecule has 0 N–H and O–H groups in total. The number of fused-ring (bicyclic) bond motifs is 3. The van der Waals surface area contributed by atoms with Gasteiger partial charge in [-0.05, 0) is 67.6 Å². The second-order valence-corrected chi connectivity index (χ2v) is 7.28. The molecule has 0 fully saturated rings. The summed E-state index contributed by atoms with van der Waals surface area (Å²) in [5.74, 6) is -0.324. The first kappa shape index (κ1) is 15.3. The molecule has 0 saturated carbocycles. The van der Waals surface area contributed by atoms with Crippen LogP contribution < -0.4 is 0 Å². The van der Waals surface area contributed by atoms with Gasteiger partial charge in [-0.15, -0.1) is 0 Å². The SMILES string of the molecule is CC(C)(C)OC(=O)n1c2ccc(F)cc2c2cccc(I)c21. The van der Waals surface area contributed by atoms with Crippen LogP contribution in [0.4, 0.5) is 9.18 Å². The van der Waals surface area contributed by atoms with E-state index in [0.29, 0.717) is 10.9 Å². The van der Waals surface area contributed by atoms with Crippen molar-refractivity contribution >= 4 is 50.5 Å². The normalized spacial score (nSPS) is 12.0. The van der Waals surface area contributed by atoms with E-state index in [0.717, 1.165) is 14.5 Å². The Kier molecular flexibility index (Phi) is 3.63. The molecule has 5 heteroatoms. The fraction of sp³-hybridized carbons (Fsp3) is 0.235. The van der Waals surface area contributed by atoms with Gasteiger partial charge in [0.25, 0.3) is 0 Å². The van der Waals surface area contributed by atoms with Crippen LogP contribution in [0.25, 0.3) is 21.8 Å². The minimum absolute atomic E-state index is 0.324. The number of aromatic nitrogens is 1. The standard InChI is InChI=1S/C17H15FINO2/c1-17(2,3)22-16(21)20-14-8-7-10(18)9-12(14)11-5-4-6-13(19)15(11)20/h4-9H,1-3H3. The Labute approximate surface area is 141 Å². The van der Waals surface area contributed by atoms with E-state index in [1.165, 1.54) is 16.7 Å². The van der Waals surface area contributed by atoms with Crippen molar-refractivity contribution in [1.82, 2.24) is 4.57 Å². The van der Waals surface area contributed by atoms with Crippen molar-refractivity contribution in [2.75, 3.05) is 0 Å². The number of rotatable bonds is 0. The van der Waals surface area contributed by atoms with E-state index in [1.54, 1.807) is 6.07 Å². The Morgan fingerprint density at radius 1 is 1.18 bits per heavy atom. The zero-order valence-corrected chi connectivity index (χ0v) is 14.6. The third kappa shape index (κ3) is 2.58. The summed E-state index contributed by atoms with van der Waals surface area (Å²) in [7, 11) is 0. The zero-order chi connectivity index (χ0) is 16.1. The number of para-hydroxylation sites is 1. The number of nitrogens with zero attached hydrogens (tertiary/aromatic N) is 1. The average Bonchev–Trinajstić information content (AvgIpc) is 2.72. The lowest BCUT2D eigenvalue weighted by Gasteiger charge is -2.20. The Bertz CT molecular complexity index is 893. The summed E-state index contributed by atoms with van der Waals surface area (Å²) in [4.78, 5) is 12.6. The van der Waals surface area contributed by atoms with Gasteiger partial charge in [-0.3, -0.25) is 0 Å². The molecule has 3 rings (SSSR count). The molecule has 0 aliphatic carbocycles. The molecule has 0 saturated heterocycles. The van der Waals surface area contributed by atoms with Crippen LogP contribution in [0, 0.1) is 9.39 Å². The quantitative estimate of drug-likeness (QED) is 0.469. The first-order chi connectivity index (χ1) is 10.3. The van der Waals surface area contributed by atoms with Crippen LogP contribution in [0.5, 0.6) is 0 Å². The smallest absolute Gasteiger partial charge is 0.419 e. The maximum absolute atomic E-state index is 13.6. The molecule has 0 radical (unpaired) electrons. The van der Waals surface area contributed by atoms with Crippen LogP contribution in [-0.2, 0) is 4.74 Å². The lowest BCUT2D eigenvalue weighted by molar-refractivity contribution is 0.0551. The predicted molar refractivity (Wildman–Crippen MR) is 93.8 cm³/mol. The molecule has 0 unspecified atom stereocenters. The Balaban J connectivity index is 2.38. The van der Waals surface area contributed by atoms with Gasteiger partial charge in [-0.25, -0.2) is 13.8 Å². The molecule has 1 heterocycles. The van der Waals surface area contributed by atoms with Gasteiger partial charge in [0, 0.05) is 14.3 Å². The molecule has 1 aromatic heterocycles. The maximum Gasteiger partial charge on any atom is 0.419 e. The Morgan fingerprint density at radius 3 is 2.59 bits per heavy atom. The lowest BCUT2D eigenvalue weighted by Crippen LogP contribution is -2.27. The van der Waals surface area contributed by atoms with Gasteiger partial charge >= 0.3 is 6.09 Å². The number of ether oxygens (including phenoxy) is 1. The molecule has 2 aromatic carbocycles. The summed E-state index contributed by atoms with van der Waals surface area (Å²) in [5.41, 5.74) is 0.799. The van der Waals surface area contributed by atoms with Crippen molar-refractivity contribution in [2.24, 2.45) is 0 Å². The fourth-order valence-electron chi connectivity index (χ4n) is 2.50. The monoisotopic (exact) mass is 411 g/mol. The molecule has 0 bridgehead atoms. The minimum atomic E-state index is -0.597. The van der Waals surface area contributed by atoms with E-state index in [2.05, 4.69) is 22.6 Å². The Hall–Kier alpha value is -1.63. The first-order valence-corrected chi connectivity index (χ1v) is 7.97. The van der Waals surface area contributed by atoms with Gasteiger partial charge in [0.05, 0.1) is 11.0 Å². The molecule has 0 aliphatic heterocycles. The molecule has 0 aliphatic rings. The van der Waals surface area contributed by atoms with Gasteiger partial charge in [0.15, 0.2) is 0 Å². The van der Waals surface area contributed by atoms with E-state index in [-0.39, 0.29) is 5.82 Å². The summed E-state index contributed by atoms with van der Waals surface area (Å²) >= 11 is 2.18. The van der Waals surface area contributed by atoms with Crippen LogP contribution in [0.2, 0.25) is 0 Å². The number of benzene rings is 2. The molecule has 3 nitrogen and oxygen atoms in total. The van der Waals surface area contributed by atoms with E-state index < -0.39 is 11.7 Å². The second kappa shape index (κ2) is 5.22. The molecule has 3 aromatic rings. The van der Waals surface area contributed by atoms with Gasteiger partial charge in [0.2, 0.25) is 0 Å². The van der Waals surface area contributed by atoms with E-state index in [4.69, 9.17) is 4.74 Å². The van der Waals surface area contributed by atoms with Gasteiger partial charge < -0.3 is 4.74 Å². The van der Waals surface area contributed by atoms with Gasteiger partial charge in [-0.1, -0.05) is 12.1 Å². The third-order valence-electron chi connectivity index (χ3n) is 3.28. The van der Waals surface area contributed by atoms with Crippen LogP contribution in [-0.4, -0.2) is 16.3 Å². The molecule has 0 spiro atoms. The van der Waals surface area contributed by atoms with E-state index in [1.807, 2.05) is 39.0 Å². The maximum atomic E-state index is 13.6. The van der Waals surface area contributed by atoms with E-state index >= 15 is 0 Å². The van der Waals surface area contributed by atoms with Crippen molar-refractivity contribution in [3.8, 4) is 0 Å². The number of halogens is 2. The summed E-state index contributed by atoms with van der Waals surface area (Å²) in [6, 6.07) is 10.1. The first-order valence-electron chi connectivity index (χ1n) is 6.89. The third-order valence-corrected chi connectivity index (χ3v) is 4.15. The number of carbonyl (C=O) groups is 1. The van der Waals surface area contributed by atoms with E-state index in [9.17, 15) is 9.18 Å². The number of hydrogen-bond acceptors (Lipinski definition) is 2. The van der Waals surface area contributed by atoms with Crippen LogP contribution in [0.3, 0.4) is 0 Å².